The summed E-state index contributed by atoms with van der Waals surface area (Å²) in [6, 6.07) is 2.98. The van der Waals surface area contributed by atoms with Crippen molar-refractivity contribution in [3.63, 3.8) is 0 Å². The smallest absolute Gasteiger partial charge is 0.455 e. The number of primary amides is 1. The molecule has 1 saturated heterocycles. The van der Waals surface area contributed by atoms with E-state index in [0.29, 0.717) is 25.1 Å². The summed E-state index contributed by atoms with van der Waals surface area (Å²) >= 11 is 0. The van der Waals surface area contributed by atoms with Gasteiger partial charge in [-0.3, -0.25) is 14.5 Å². The molecule has 0 unspecified atom stereocenters. The van der Waals surface area contributed by atoms with Gasteiger partial charge in [0.25, 0.3) is 0 Å². The van der Waals surface area contributed by atoms with E-state index >= 15 is 0 Å². The summed E-state index contributed by atoms with van der Waals surface area (Å²) in [6.45, 7) is 2.14. The van der Waals surface area contributed by atoms with Gasteiger partial charge in [-0.2, -0.15) is 0 Å². The number of nitrogens with one attached hydrogen (secondary N) is 1. The average Bonchev–Trinajstić information content (AvgIpc) is 3.44. The first kappa shape index (κ1) is 23.8. The molecule has 2 fully saturated rings. The van der Waals surface area contributed by atoms with E-state index in [-0.39, 0.29) is 36.4 Å². The molecule has 32 heavy (non-hydrogen) atoms. The number of likely N-dealkylation sites (tertiary alicyclic amines) is 1. The Bertz CT molecular complexity index is 919. The second kappa shape index (κ2) is 8.94. The van der Waals surface area contributed by atoms with Crippen molar-refractivity contribution in [2.24, 2.45) is 11.5 Å². The van der Waals surface area contributed by atoms with Crippen LogP contribution in [0.15, 0.2) is 12.1 Å². The number of amides is 2. The highest BCUT2D eigenvalue weighted by atomic mass is 16.5. The minimum Gasteiger partial charge on any atom is -0.507 e. The number of nitrogens with two attached hydrogens (primary N) is 2. The largest absolute Gasteiger partial charge is 0.507 e. The number of phenols is 1. The van der Waals surface area contributed by atoms with Crippen molar-refractivity contribution in [3.8, 4) is 11.5 Å². The van der Waals surface area contributed by atoms with Gasteiger partial charge in [0, 0.05) is 25.5 Å². The van der Waals surface area contributed by atoms with Crippen LogP contribution in [-0.4, -0.2) is 87.9 Å². The predicted molar refractivity (Wildman–Crippen MR) is 112 cm³/mol. The highest BCUT2D eigenvalue weighted by molar-refractivity contribution is 6.44. The lowest BCUT2D eigenvalue weighted by Crippen LogP contribution is -2.64. The lowest BCUT2D eigenvalue weighted by atomic mass is 9.81. The average molecular weight is 450 g/mol. The summed E-state index contributed by atoms with van der Waals surface area (Å²) in [4.78, 5) is 36.5. The SMILES string of the molecule is C[C@@](N)(CN1CC(Oc2ccc([C@@H]3C[C@@H]3B(O)O)c(O)c2C(=O)O)C1)C(=O)NCC(N)=O. The first-order valence-corrected chi connectivity index (χ1v) is 10.1. The van der Waals surface area contributed by atoms with E-state index in [4.69, 9.17) is 16.2 Å². The summed E-state index contributed by atoms with van der Waals surface area (Å²) in [5.74, 6) is -3.79. The van der Waals surface area contributed by atoms with Crippen molar-refractivity contribution in [3.05, 3.63) is 23.3 Å². The summed E-state index contributed by atoms with van der Waals surface area (Å²) in [6.07, 6.45) is 0.0585. The maximum Gasteiger partial charge on any atom is 0.455 e. The molecule has 0 aromatic heterocycles. The van der Waals surface area contributed by atoms with Crippen LogP contribution in [0.1, 0.15) is 35.2 Å². The number of ether oxygens (including phenoxy) is 1. The van der Waals surface area contributed by atoms with E-state index in [1.807, 2.05) is 4.90 Å². The molecule has 3 rings (SSSR count). The van der Waals surface area contributed by atoms with Crippen LogP contribution in [0.5, 0.6) is 11.5 Å². The van der Waals surface area contributed by atoms with E-state index in [1.165, 1.54) is 19.1 Å². The van der Waals surface area contributed by atoms with Crippen LogP contribution in [0, 0.1) is 0 Å². The van der Waals surface area contributed by atoms with Gasteiger partial charge in [-0.1, -0.05) is 6.07 Å². The van der Waals surface area contributed by atoms with Crippen molar-refractivity contribution < 1.29 is 39.4 Å². The molecule has 174 valence electrons. The number of aromatic hydroxyl groups is 1. The van der Waals surface area contributed by atoms with Gasteiger partial charge in [0.1, 0.15) is 28.7 Å². The lowest BCUT2D eigenvalue weighted by Gasteiger charge is -2.42. The number of rotatable bonds is 10. The van der Waals surface area contributed by atoms with Crippen LogP contribution in [0.25, 0.3) is 0 Å². The topological polar surface area (TPSA) is 209 Å². The Morgan fingerprint density at radius 1 is 1.31 bits per heavy atom. The van der Waals surface area contributed by atoms with Crippen molar-refractivity contribution >= 4 is 24.9 Å². The maximum atomic E-state index is 12.1. The number of carbonyl (C=O) groups is 3. The molecule has 1 aromatic carbocycles. The van der Waals surface area contributed by atoms with Crippen molar-refractivity contribution in [1.29, 1.82) is 0 Å². The van der Waals surface area contributed by atoms with Crippen molar-refractivity contribution in [1.82, 2.24) is 10.2 Å². The molecular formula is C19H27BN4O8. The minimum absolute atomic E-state index is 0.000131. The summed E-state index contributed by atoms with van der Waals surface area (Å²) in [5.41, 5.74) is 9.72. The number of hydrogen-bond acceptors (Lipinski definition) is 9. The Balaban J connectivity index is 1.60. The third-order valence-corrected chi connectivity index (χ3v) is 5.72. The highest BCUT2D eigenvalue weighted by Gasteiger charge is 2.48. The van der Waals surface area contributed by atoms with Crippen LogP contribution in [-0.2, 0) is 9.59 Å². The molecule has 1 aromatic rings. The van der Waals surface area contributed by atoms with Crippen molar-refractivity contribution in [2.75, 3.05) is 26.2 Å². The zero-order valence-corrected chi connectivity index (χ0v) is 17.5. The number of carboxylic acid groups (broad SMARTS) is 1. The molecule has 9 N–H and O–H groups in total. The van der Waals surface area contributed by atoms with E-state index < -0.39 is 42.0 Å². The molecule has 0 bridgehead atoms. The van der Waals surface area contributed by atoms with Gasteiger partial charge in [-0.25, -0.2) is 4.79 Å². The predicted octanol–water partition coefficient (Wildman–Crippen LogP) is -2.20. The number of carbonyl (C=O) groups excluding carboxylic acids is 2. The first-order valence-electron chi connectivity index (χ1n) is 10.1. The Morgan fingerprint density at radius 2 is 1.97 bits per heavy atom. The molecule has 2 amide bonds. The number of hydrogen-bond donors (Lipinski definition) is 7. The normalized spacial score (nSPS) is 22.4. The van der Waals surface area contributed by atoms with Crippen molar-refractivity contribution in [2.45, 2.75) is 36.7 Å². The van der Waals surface area contributed by atoms with E-state index in [2.05, 4.69) is 5.32 Å². The molecule has 0 radical (unpaired) electrons. The second-order valence-corrected chi connectivity index (χ2v) is 8.60. The molecule has 2 aliphatic rings. The molecule has 0 spiro atoms. The lowest BCUT2D eigenvalue weighted by molar-refractivity contribution is -0.129. The molecule has 3 atom stereocenters. The summed E-state index contributed by atoms with van der Waals surface area (Å²) < 4.78 is 5.75. The number of carboxylic acids is 1. The van der Waals surface area contributed by atoms with Crippen LogP contribution < -0.4 is 21.5 Å². The van der Waals surface area contributed by atoms with Crippen LogP contribution >= 0.6 is 0 Å². The number of benzene rings is 1. The molecule has 1 aliphatic heterocycles. The summed E-state index contributed by atoms with van der Waals surface area (Å²) in [5, 5.41) is 41.0. The Morgan fingerprint density at radius 3 is 2.50 bits per heavy atom. The van der Waals surface area contributed by atoms with Crippen LogP contribution in [0.3, 0.4) is 0 Å². The fourth-order valence-corrected chi connectivity index (χ4v) is 3.91. The Labute approximate surface area is 184 Å². The van der Waals surface area contributed by atoms with Gasteiger partial charge in [-0.05, 0) is 30.9 Å². The fraction of sp³-hybridized carbons (Fsp3) is 0.526. The van der Waals surface area contributed by atoms with E-state index in [1.54, 1.807) is 0 Å². The third-order valence-electron chi connectivity index (χ3n) is 5.72. The van der Waals surface area contributed by atoms with Crippen LogP contribution in [0.2, 0.25) is 5.82 Å². The van der Waals surface area contributed by atoms with E-state index in [9.17, 15) is 34.6 Å². The molecule has 1 heterocycles. The highest BCUT2D eigenvalue weighted by Crippen LogP contribution is 2.56. The number of aromatic carboxylic acids is 1. The monoisotopic (exact) mass is 450 g/mol. The Hall–Kier alpha value is -2.87. The van der Waals surface area contributed by atoms with Gasteiger partial charge in [0.15, 0.2) is 0 Å². The molecule has 1 aliphatic carbocycles. The van der Waals surface area contributed by atoms with Gasteiger partial charge in [-0.15, -0.1) is 0 Å². The zero-order valence-electron chi connectivity index (χ0n) is 17.5. The Kier molecular flexibility index (Phi) is 6.65. The summed E-state index contributed by atoms with van der Waals surface area (Å²) in [7, 11) is -1.53. The molecule has 13 heteroatoms. The standard InChI is InChI=1S/C19H27BN4O8/c1-19(22,18(29)23-5-14(21)25)8-24-6-9(7-24)32-13-3-2-10(11-4-12(11)20(30)31)16(26)15(13)17(27)28/h2-3,9,11-12,26,30-31H,4-8,22H2,1H3,(H2,21,25)(H,23,29)(H,27,28)/t11-,12-,19+/m0/s1. The van der Waals surface area contributed by atoms with Gasteiger partial charge in [0.2, 0.25) is 11.8 Å². The fourth-order valence-electron chi connectivity index (χ4n) is 3.91. The quantitative estimate of drug-likeness (QED) is 0.191. The van der Waals surface area contributed by atoms with E-state index in [0.717, 1.165) is 0 Å². The minimum atomic E-state index is -1.53. The van der Waals surface area contributed by atoms with Gasteiger partial charge >= 0.3 is 13.1 Å². The van der Waals surface area contributed by atoms with Gasteiger partial charge < -0.3 is 41.8 Å². The van der Waals surface area contributed by atoms with Crippen LogP contribution in [0.4, 0.5) is 0 Å². The molecule has 12 nitrogen and oxygen atoms in total. The molecule has 1 saturated carbocycles. The second-order valence-electron chi connectivity index (χ2n) is 8.60. The molecular weight excluding hydrogens is 423 g/mol. The zero-order chi connectivity index (χ0) is 23.8. The number of nitrogens with zero attached hydrogens (tertiary/aromatic N) is 1. The third kappa shape index (κ3) is 5.13. The maximum absolute atomic E-state index is 12.1. The first-order chi connectivity index (χ1) is 14.9. The van der Waals surface area contributed by atoms with Gasteiger partial charge in [0.05, 0.1) is 6.54 Å².